The molecule has 4 heterocycles. The van der Waals surface area contributed by atoms with E-state index in [9.17, 15) is 14.4 Å². The number of carbonyl (C=O) groups is 1. The zero-order valence-corrected chi connectivity index (χ0v) is 30.0. The van der Waals surface area contributed by atoms with E-state index in [0.717, 1.165) is 71.1 Å². The van der Waals surface area contributed by atoms with Crippen molar-refractivity contribution in [2.24, 2.45) is 11.3 Å². The Morgan fingerprint density at radius 3 is 2.48 bits per heavy atom. The topological polar surface area (TPSA) is 156 Å². The average molecular weight is 700 g/mol. The summed E-state index contributed by atoms with van der Waals surface area (Å²) in [6, 6.07) is 1.17. The van der Waals surface area contributed by atoms with E-state index in [4.69, 9.17) is 18.3 Å². The van der Waals surface area contributed by atoms with E-state index in [2.05, 4.69) is 44.1 Å². The number of fused-ring (bicyclic) bond motifs is 1. The molecule has 2 aliphatic rings. The van der Waals surface area contributed by atoms with Crippen molar-refractivity contribution in [1.29, 1.82) is 0 Å². The Hall–Kier alpha value is -3.95. The van der Waals surface area contributed by atoms with Crippen LogP contribution >= 0.6 is 0 Å². The Bertz CT molecular complexity index is 1740. The fourth-order valence-electron chi connectivity index (χ4n) is 7.21. The molecule has 15 heteroatoms. The molecule has 2 aromatic heterocycles. The molecule has 274 valence electrons. The van der Waals surface area contributed by atoms with Gasteiger partial charge in [0.05, 0.1) is 5.56 Å². The highest BCUT2D eigenvalue weighted by atomic mass is 19.1. The number of halogens is 1. The Kier molecular flexibility index (Phi) is 12.2. The summed E-state index contributed by atoms with van der Waals surface area (Å²) < 4.78 is 37.0. The lowest BCUT2D eigenvalue weighted by molar-refractivity contribution is -0.0339. The minimum Gasteiger partial charge on any atom is -0.430 e. The molecule has 0 bridgehead atoms. The van der Waals surface area contributed by atoms with E-state index in [-0.39, 0.29) is 28.6 Å². The van der Waals surface area contributed by atoms with Crippen molar-refractivity contribution < 1.29 is 27.5 Å². The predicted octanol–water partition coefficient (Wildman–Crippen LogP) is 4.07. The van der Waals surface area contributed by atoms with Gasteiger partial charge in [0.1, 0.15) is 6.33 Å². The smallest absolute Gasteiger partial charge is 0.423 e. The second-order valence-corrected chi connectivity index (χ2v) is 13.9. The van der Waals surface area contributed by atoms with E-state index in [1.165, 1.54) is 11.2 Å². The van der Waals surface area contributed by atoms with Crippen LogP contribution in [0.15, 0.2) is 30.8 Å². The maximum absolute atomic E-state index is 15.3. The zero-order chi connectivity index (χ0) is 36.0. The molecule has 50 heavy (non-hydrogen) atoms. The van der Waals surface area contributed by atoms with Crippen molar-refractivity contribution >= 4 is 22.9 Å². The van der Waals surface area contributed by atoms with Crippen molar-refractivity contribution in [2.45, 2.75) is 79.3 Å². The minimum absolute atomic E-state index is 0.0575. The third kappa shape index (κ3) is 8.16. The number of aromatic nitrogens is 3. The van der Waals surface area contributed by atoms with Gasteiger partial charge in [-0.3, -0.25) is 9.69 Å². The fourth-order valence-corrected chi connectivity index (χ4v) is 7.21. The highest BCUT2D eigenvalue weighted by molar-refractivity contribution is 6.01. The van der Waals surface area contributed by atoms with Crippen LogP contribution in [-0.4, -0.2) is 102 Å². The number of anilines is 1. The molecule has 2 saturated heterocycles. The molecule has 0 saturated carbocycles. The van der Waals surface area contributed by atoms with Gasteiger partial charge in [0.25, 0.3) is 11.8 Å². The van der Waals surface area contributed by atoms with Crippen LogP contribution in [0.5, 0.6) is 11.6 Å². The Labute approximate surface area is 291 Å². The Morgan fingerprint density at radius 2 is 1.80 bits per heavy atom. The summed E-state index contributed by atoms with van der Waals surface area (Å²) in [6.07, 6.45) is 5.51. The molecule has 2 fully saturated rings. The van der Waals surface area contributed by atoms with Crippen LogP contribution in [-0.2, 0) is 4.74 Å². The quantitative estimate of drug-likeness (QED) is 0.159. The summed E-state index contributed by atoms with van der Waals surface area (Å²) in [6.45, 7) is 19.2. The van der Waals surface area contributed by atoms with Gasteiger partial charge in [-0.2, -0.15) is 0 Å². The second-order valence-electron chi connectivity index (χ2n) is 13.9. The Morgan fingerprint density at radius 1 is 1.08 bits per heavy atom. The number of nitrogens with zero attached hydrogens (tertiary/aromatic N) is 6. The number of likely N-dealkylation sites (tertiary alicyclic amines) is 1. The largest absolute Gasteiger partial charge is 0.430 e. The van der Waals surface area contributed by atoms with Crippen LogP contribution in [0.4, 0.5) is 10.2 Å². The fraction of sp³-hybridized carbons (Fsp3) is 0.657. The van der Waals surface area contributed by atoms with Gasteiger partial charge in [0.2, 0.25) is 11.2 Å². The minimum atomic E-state index is -1.39. The molecule has 1 amide bonds. The molecule has 0 radical (unpaired) electrons. The number of ether oxygens (including phenoxy) is 2. The average Bonchev–Trinajstić information content (AvgIpc) is 3.51. The first kappa shape index (κ1) is 37.3. The first-order valence-electron chi connectivity index (χ1n) is 17.7. The van der Waals surface area contributed by atoms with E-state index in [1.807, 2.05) is 20.8 Å². The summed E-state index contributed by atoms with van der Waals surface area (Å²) in [5, 5.41) is 11.6. The highest BCUT2D eigenvalue weighted by Gasteiger charge is 2.50. The van der Waals surface area contributed by atoms with Gasteiger partial charge in [-0.25, -0.2) is 19.0 Å². The lowest BCUT2D eigenvalue weighted by Crippen LogP contribution is -2.62. The van der Waals surface area contributed by atoms with Crippen LogP contribution in [0, 0.1) is 17.2 Å². The van der Waals surface area contributed by atoms with E-state index < -0.39 is 34.1 Å². The Balaban J connectivity index is 1.33. The number of hydrogen-bond donors (Lipinski definition) is 1. The molecule has 1 aromatic carbocycles. The van der Waals surface area contributed by atoms with E-state index in [1.54, 1.807) is 6.92 Å². The highest BCUT2D eigenvalue weighted by Crippen LogP contribution is 2.45. The third-order valence-corrected chi connectivity index (χ3v) is 9.68. The second kappa shape index (κ2) is 16.4. The summed E-state index contributed by atoms with van der Waals surface area (Å²) in [7, 11) is 0. The van der Waals surface area contributed by atoms with Crippen LogP contribution < -0.4 is 26.2 Å². The first-order chi connectivity index (χ1) is 24.0. The molecule has 0 aliphatic carbocycles. The predicted molar refractivity (Wildman–Crippen MR) is 185 cm³/mol. The zero-order valence-electron chi connectivity index (χ0n) is 30.0. The van der Waals surface area contributed by atoms with Gasteiger partial charge in [-0.05, 0) is 78.5 Å². The first-order valence-corrected chi connectivity index (χ1v) is 17.7. The lowest BCUT2D eigenvalue weighted by atomic mass is 9.76. The van der Waals surface area contributed by atoms with Gasteiger partial charge in [0, 0.05) is 63.4 Å². The number of nitrogens with one attached hydrogen (secondary N) is 1. The maximum Gasteiger partial charge on any atom is 0.423 e. The number of rotatable bonds is 17. The van der Waals surface area contributed by atoms with Crippen molar-refractivity contribution in [1.82, 2.24) is 30.3 Å². The molecule has 1 N–H and O–H groups in total. The molecule has 2 aliphatic heterocycles. The number of carbonyl (C=O) groups excluding carboxylic acids is 1. The summed E-state index contributed by atoms with van der Waals surface area (Å²) in [5.74, 6) is -1.09. The molecule has 0 unspecified atom stereocenters. The van der Waals surface area contributed by atoms with Crippen molar-refractivity contribution in [2.75, 3.05) is 63.9 Å². The van der Waals surface area contributed by atoms with Gasteiger partial charge in [0.15, 0.2) is 17.4 Å². The van der Waals surface area contributed by atoms with Crippen LogP contribution in [0.1, 0.15) is 77.6 Å². The summed E-state index contributed by atoms with van der Waals surface area (Å²) >= 11 is 0. The number of amides is 1. The SMILES string of the molecule is CCOCCCNCCC[C@H](C(C)C)N1CC2(CCN(c3ncnnc3Oc3c(C(=O)N(CC)C(C)C)cc(F)c4oc(=O)c(=O)oc34)C2)C1. The van der Waals surface area contributed by atoms with Crippen LogP contribution in [0.25, 0.3) is 11.2 Å². The van der Waals surface area contributed by atoms with Crippen LogP contribution in [0.2, 0.25) is 0 Å². The molecule has 3 aromatic rings. The summed E-state index contributed by atoms with van der Waals surface area (Å²) in [5.41, 5.74) is -4.09. The molecule has 1 atom stereocenters. The lowest BCUT2D eigenvalue weighted by Gasteiger charge is -2.53. The van der Waals surface area contributed by atoms with Gasteiger partial charge in [-0.1, -0.05) is 13.8 Å². The normalized spacial score (nSPS) is 16.5. The van der Waals surface area contributed by atoms with E-state index in [0.29, 0.717) is 37.4 Å². The van der Waals surface area contributed by atoms with Crippen LogP contribution in [0.3, 0.4) is 0 Å². The van der Waals surface area contributed by atoms with Gasteiger partial charge in [-0.15, -0.1) is 10.2 Å². The van der Waals surface area contributed by atoms with Gasteiger partial charge < -0.3 is 33.4 Å². The van der Waals surface area contributed by atoms with Crippen molar-refractivity contribution in [3.05, 3.63) is 44.6 Å². The standard InChI is InChI=1S/C35H50FN7O7/c1-7-43(23(5)6)32(44)24-17-25(36)28-29(50-34(46)33(45)49-28)27(24)48-31-30(38-21-39-40-31)41-15-12-35(18-41)19-42(20-35)26(22(3)4)11-9-13-37-14-10-16-47-8-2/h17,21-23,26,37H,7-16,18-20H2,1-6H3/t26-/m1/s1. The monoisotopic (exact) mass is 699 g/mol. The molecule has 1 spiro atoms. The number of hydrogen-bond acceptors (Lipinski definition) is 13. The van der Waals surface area contributed by atoms with Crippen molar-refractivity contribution in [3.8, 4) is 11.6 Å². The van der Waals surface area contributed by atoms with E-state index >= 15 is 4.39 Å². The van der Waals surface area contributed by atoms with Crippen molar-refractivity contribution in [3.63, 3.8) is 0 Å². The molecule has 5 rings (SSSR count). The third-order valence-electron chi connectivity index (χ3n) is 9.68. The molecular formula is C35H50FN7O7. The number of benzene rings is 1. The maximum atomic E-state index is 15.3. The molecule has 14 nitrogen and oxygen atoms in total. The molecular weight excluding hydrogens is 649 g/mol. The van der Waals surface area contributed by atoms with Gasteiger partial charge >= 0.3 is 11.3 Å². The summed E-state index contributed by atoms with van der Waals surface area (Å²) in [4.78, 5) is 48.6.